The summed E-state index contributed by atoms with van der Waals surface area (Å²) in [5, 5.41) is 2.98. The molecule has 0 saturated carbocycles. The van der Waals surface area contributed by atoms with E-state index >= 15 is 0 Å². The van der Waals surface area contributed by atoms with E-state index in [0.717, 1.165) is 15.6 Å². The fraction of sp³-hybridized carbons (Fsp3) is 0.381. The van der Waals surface area contributed by atoms with E-state index in [1.165, 1.54) is 5.56 Å². The van der Waals surface area contributed by atoms with Gasteiger partial charge in [-0.15, -0.1) is 0 Å². The van der Waals surface area contributed by atoms with Crippen molar-refractivity contribution in [3.63, 3.8) is 0 Å². The van der Waals surface area contributed by atoms with Crippen LogP contribution in [0.1, 0.15) is 50.4 Å². The number of carbonyl (C=O) groups excluding carboxylic acids is 1. The zero-order valence-electron chi connectivity index (χ0n) is 15.5. The average Bonchev–Trinajstić information content (AvgIpc) is 2.55. The van der Waals surface area contributed by atoms with Gasteiger partial charge >= 0.3 is 0 Å². The maximum Gasteiger partial charge on any atom is 0.258 e. The van der Waals surface area contributed by atoms with E-state index in [9.17, 15) is 4.79 Å². The molecule has 0 saturated heterocycles. The molecule has 1 amide bonds. The molecule has 0 aromatic heterocycles. The van der Waals surface area contributed by atoms with Gasteiger partial charge in [-0.2, -0.15) is 0 Å². The maximum absolute atomic E-state index is 12.1. The lowest BCUT2D eigenvalue weighted by Crippen LogP contribution is -2.31. The van der Waals surface area contributed by atoms with Crippen LogP contribution in [0.4, 0.5) is 0 Å². The zero-order chi connectivity index (χ0) is 18.6. The van der Waals surface area contributed by atoms with Gasteiger partial charge in [0, 0.05) is 4.47 Å². The van der Waals surface area contributed by atoms with Gasteiger partial charge < -0.3 is 10.1 Å². The summed E-state index contributed by atoms with van der Waals surface area (Å²) in [6, 6.07) is 14.0. The highest BCUT2D eigenvalue weighted by Gasteiger charge is 2.15. The van der Waals surface area contributed by atoms with E-state index < -0.39 is 0 Å². The van der Waals surface area contributed by atoms with Crippen molar-refractivity contribution in [3.8, 4) is 5.75 Å². The molecule has 0 fully saturated rings. The van der Waals surface area contributed by atoms with Crippen molar-refractivity contribution in [2.45, 2.75) is 46.1 Å². The third kappa shape index (κ3) is 5.60. The predicted octanol–water partition coefficient (Wildman–Crippen LogP) is 5.31. The second kappa shape index (κ2) is 8.05. The number of aryl methyl sites for hydroxylation is 1. The fourth-order valence-electron chi connectivity index (χ4n) is 2.49. The molecule has 0 spiro atoms. The van der Waals surface area contributed by atoms with Gasteiger partial charge in [0.05, 0.1) is 6.04 Å². The van der Waals surface area contributed by atoms with Crippen molar-refractivity contribution in [2.24, 2.45) is 0 Å². The van der Waals surface area contributed by atoms with Gasteiger partial charge in [-0.05, 0) is 54.2 Å². The number of amides is 1. The first kappa shape index (κ1) is 19.5. The normalized spacial score (nSPS) is 12.6. The van der Waals surface area contributed by atoms with Gasteiger partial charge in [-0.25, -0.2) is 0 Å². The molecule has 4 heteroatoms. The summed E-state index contributed by atoms with van der Waals surface area (Å²) in [4.78, 5) is 12.1. The first-order valence-electron chi connectivity index (χ1n) is 8.45. The van der Waals surface area contributed by atoms with E-state index in [-0.39, 0.29) is 24.0 Å². The van der Waals surface area contributed by atoms with Gasteiger partial charge in [0.1, 0.15) is 5.75 Å². The maximum atomic E-state index is 12.1. The van der Waals surface area contributed by atoms with Crippen LogP contribution in [0, 0.1) is 6.92 Å². The first-order valence-corrected chi connectivity index (χ1v) is 9.25. The molecule has 0 aliphatic carbocycles. The van der Waals surface area contributed by atoms with Crippen LogP contribution in [0.2, 0.25) is 0 Å². The highest BCUT2D eigenvalue weighted by molar-refractivity contribution is 9.10. The monoisotopic (exact) mass is 403 g/mol. The smallest absolute Gasteiger partial charge is 0.258 e. The third-order valence-electron chi connectivity index (χ3n) is 4.15. The highest BCUT2D eigenvalue weighted by Crippen LogP contribution is 2.24. The molecular formula is C21H26BrNO2. The molecule has 1 unspecified atom stereocenters. The number of ether oxygens (including phenoxy) is 1. The summed E-state index contributed by atoms with van der Waals surface area (Å²) >= 11 is 3.45. The third-order valence-corrected chi connectivity index (χ3v) is 5.04. The Balaban J connectivity index is 1.90. The Labute approximate surface area is 158 Å². The Morgan fingerprint density at radius 3 is 2.36 bits per heavy atom. The van der Waals surface area contributed by atoms with Crippen molar-refractivity contribution in [1.29, 1.82) is 0 Å². The predicted molar refractivity (Wildman–Crippen MR) is 106 cm³/mol. The molecule has 0 radical (unpaired) electrons. The largest absolute Gasteiger partial charge is 0.484 e. The van der Waals surface area contributed by atoms with E-state index in [4.69, 9.17) is 4.74 Å². The average molecular weight is 404 g/mol. The van der Waals surface area contributed by atoms with Gasteiger partial charge in [0.25, 0.3) is 5.91 Å². The second-order valence-corrected chi connectivity index (χ2v) is 8.22. The molecule has 0 bridgehead atoms. The van der Waals surface area contributed by atoms with Crippen LogP contribution in [0.3, 0.4) is 0 Å². The Hall–Kier alpha value is -1.81. The molecule has 3 nitrogen and oxygen atoms in total. The van der Waals surface area contributed by atoms with E-state index in [2.05, 4.69) is 66.3 Å². The van der Waals surface area contributed by atoms with Gasteiger partial charge in [0.15, 0.2) is 6.61 Å². The summed E-state index contributed by atoms with van der Waals surface area (Å²) in [7, 11) is 0. The van der Waals surface area contributed by atoms with Gasteiger partial charge in [-0.3, -0.25) is 4.79 Å². The molecule has 1 atom stereocenters. The molecule has 0 aliphatic heterocycles. The van der Waals surface area contributed by atoms with Crippen LogP contribution in [0.15, 0.2) is 46.9 Å². The minimum Gasteiger partial charge on any atom is -0.484 e. The molecular weight excluding hydrogens is 378 g/mol. The second-order valence-electron chi connectivity index (χ2n) is 7.36. The summed E-state index contributed by atoms with van der Waals surface area (Å²) in [6.45, 7) is 10.5. The fourth-order valence-corrected chi connectivity index (χ4v) is 2.74. The Bertz CT molecular complexity index is 733. The van der Waals surface area contributed by atoms with Gasteiger partial charge in [-0.1, -0.05) is 61.0 Å². The summed E-state index contributed by atoms with van der Waals surface area (Å²) in [5.74, 6) is 0.561. The van der Waals surface area contributed by atoms with E-state index in [1.54, 1.807) is 0 Å². The number of hydrogen-bond acceptors (Lipinski definition) is 2. The summed E-state index contributed by atoms with van der Waals surface area (Å²) in [5.41, 5.74) is 3.57. The van der Waals surface area contributed by atoms with Crippen molar-refractivity contribution < 1.29 is 9.53 Å². The van der Waals surface area contributed by atoms with Gasteiger partial charge in [0.2, 0.25) is 0 Å². The molecule has 134 valence electrons. The van der Waals surface area contributed by atoms with Crippen molar-refractivity contribution in [2.75, 3.05) is 6.61 Å². The van der Waals surface area contributed by atoms with Crippen LogP contribution in [-0.2, 0) is 10.2 Å². The van der Waals surface area contributed by atoms with Crippen LogP contribution < -0.4 is 10.1 Å². The number of carbonyl (C=O) groups is 1. The lowest BCUT2D eigenvalue weighted by atomic mass is 9.86. The quantitative estimate of drug-likeness (QED) is 0.733. The molecule has 1 N–H and O–H groups in total. The zero-order valence-corrected chi connectivity index (χ0v) is 17.1. The molecule has 2 aromatic carbocycles. The lowest BCUT2D eigenvalue weighted by Gasteiger charge is -2.20. The summed E-state index contributed by atoms with van der Waals surface area (Å²) in [6.07, 6.45) is 0. The van der Waals surface area contributed by atoms with E-state index in [0.29, 0.717) is 5.75 Å². The van der Waals surface area contributed by atoms with Crippen molar-refractivity contribution in [1.82, 2.24) is 5.32 Å². The van der Waals surface area contributed by atoms with Crippen LogP contribution >= 0.6 is 15.9 Å². The Morgan fingerprint density at radius 2 is 1.80 bits per heavy atom. The number of halogens is 1. The Kier molecular flexibility index (Phi) is 6.28. The van der Waals surface area contributed by atoms with Crippen LogP contribution in [-0.4, -0.2) is 12.5 Å². The minimum atomic E-state index is -0.132. The molecule has 2 rings (SSSR count). The number of rotatable bonds is 5. The SMILES string of the molecule is Cc1cc(OCC(=O)NC(C)c2ccc(C(C)(C)C)cc2)ccc1Br. The molecule has 0 aliphatic rings. The number of benzene rings is 2. The van der Waals surface area contributed by atoms with Crippen LogP contribution in [0.25, 0.3) is 0 Å². The molecule has 2 aromatic rings. The number of nitrogens with one attached hydrogen (secondary N) is 1. The standard InChI is InChI=1S/C21H26BrNO2/c1-14-12-18(10-11-19(14)22)25-13-20(24)23-15(2)16-6-8-17(9-7-16)21(3,4)5/h6-12,15H,13H2,1-5H3,(H,23,24). The minimum absolute atomic E-state index is 0.00544. The molecule has 25 heavy (non-hydrogen) atoms. The van der Waals surface area contributed by atoms with Crippen molar-refractivity contribution >= 4 is 21.8 Å². The number of hydrogen-bond donors (Lipinski definition) is 1. The lowest BCUT2D eigenvalue weighted by molar-refractivity contribution is -0.123. The Morgan fingerprint density at radius 1 is 1.16 bits per heavy atom. The summed E-state index contributed by atoms with van der Waals surface area (Å²) < 4.78 is 6.60. The molecule has 0 heterocycles. The van der Waals surface area contributed by atoms with Crippen LogP contribution in [0.5, 0.6) is 5.75 Å². The van der Waals surface area contributed by atoms with E-state index in [1.807, 2.05) is 32.0 Å². The van der Waals surface area contributed by atoms with Crippen molar-refractivity contribution in [3.05, 3.63) is 63.6 Å². The first-order chi connectivity index (χ1) is 11.7. The topological polar surface area (TPSA) is 38.3 Å². The highest BCUT2D eigenvalue weighted by atomic mass is 79.9.